The Labute approximate surface area is 155 Å². The Balaban J connectivity index is 1.79. The van der Waals surface area contributed by atoms with Crippen molar-refractivity contribution in [3.05, 3.63) is 47.4 Å². The summed E-state index contributed by atoms with van der Waals surface area (Å²) < 4.78 is 10.8. The van der Waals surface area contributed by atoms with Crippen LogP contribution in [-0.4, -0.2) is 36.8 Å². The quantitative estimate of drug-likeness (QED) is 0.784. The van der Waals surface area contributed by atoms with Crippen LogP contribution in [0.4, 0.5) is 5.82 Å². The van der Waals surface area contributed by atoms with Gasteiger partial charge >= 0.3 is 0 Å². The second kappa shape index (κ2) is 8.47. The molecule has 0 spiro atoms. The van der Waals surface area contributed by atoms with Crippen LogP contribution in [-0.2, 0) is 17.9 Å². The number of methoxy groups -OCH3 is 1. The highest BCUT2D eigenvalue weighted by Crippen LogP contribution is 2.35. The van der Waals surface area contributed by atoms with Crippen LogP contribution in [0.25, 0.3) is 0 Å². The molecule has 0 aliphatic heterocycles. The normalized spacial score (nSPS) is 19.1. The van der Waals surface area contributed by atoms with Gasteiger partial charge in [0.2, 0.25) is 0 Å². The molecule has 1 aromatic carbocycles. The summed E-state index contributed by atoms with van der Waals surface area (Å²) in [7, 11) is 3.71. The summed E-state index contributed by atoms with van der Waals surface area (Å²) in [6, 6.07) is 10.6. The molecule has 1 fully saturated rings. The van der Waals surface area contributed by atoms with Gasteiger partial charge in [-0.2, -0.15) is 0 Å². The van der Waals surface area contributed by atoms with Gasteiger partial charge in [-0.3, -0.25) is 0 Å². The zero-order valence-electron chi connectivity index (χ0n) is 15.8. The number of nitrogens with zero attached hydrogens (tertiary/aromatic N) is 3. The van der Waals surface area contributed by atoms with Gasteiger partial charge in [0.15, 0.2) is 5.82 Å². The molecule has 0 bridgehead atoms. The SMILES string of the molecule is CCOc1cccc(CN(C)c2cc(C3CC(N)C3)nc(COC)n2)c1. The number of hydrogen-bond donors (Lipinski definition) is 1. The fourth-order valence-corrected chi connectivity index (χ4v) is 3.26. The van der Waals surface area contributed by atoms with Crippen LogP contribution in [0.5, 0.6) is 5.75 Å². The van der Waals surface area contributed by atoms with Crippen LogP contribution in [0.1, 0.15) is 42.8 Å². The summed E-state index contributed by atoms with van der Waals surface area (Å²) in [6.45, 7) is 3.81. The first-order chi connectivity index (χ1) is 12.6. The fraction of sp³-hybridized carbons (Fsp3) is 0.500. The summed E-state index contributed by atoms with van der Waals surface area (Å²) >= 11 is 0. The van der Waals surface area contributed by atoms with Gasteiger partial charge in [-0.05, 0) is 37.5 Å². The lowest BCUT2D eigenvalue weighted by molar-refractivity contribution is 0.177. The van der Waals surface area contributed by atoms with Gasteiger partial charge < -0.3 is 20.1 Å². The smallest absolute Gasteiger partial charge is 0.156 e. The van der Waals surface area contributed by atoms with Crippen LogP contribution in [0.15, 0.2) is 30.3 Å². The third-order valence-corrected chi connectivity index (χ3v) is 4.67. The number of anilines is 1. The van der Waals surface area contributed by atoms with Crippen molar-refractivity contribution in [3.8, 4) is 5.75 Å². The fourth-order valence-electron chi connectivity index (χ4n) is 3.26. The Morgan fingerprint density at radius 2 is 2.04 bits per heavy atom. The van der Waals surface area contributed by atoms with Crippen molar-refractivity contribution in [2.45, 2.75) is 44.9 Å². The Hall–Kier alpha value is -2.18. The van der Waals surface area contributed by atoms with Crippen LogP contribution in [0.3, 0.4) is 0 Å². The minimum Gasteiger partial charge on any atom is -0.494 e. The first-order valence-corrected chi connectivity index (χ1v) is 9.14. The summed E-state index contributed by atoms with van der Waals surface area (Å²) in [5.41, 5.74) is 8.20. The van der Waals surface area contributed by atoms with Crippen molar-refractivity contribution in [2.75, 3.05) is 25.7 Å². The summed E-state index contributed by atoms with van der Waals surface area (Å²) in [5.74, 6) is 2.95. The first-order valence-electron chi connectivity index (χ1n) is 9.14. The molecule has 0 radical (unpaired) electrons. The van der Waals surface area contributed by atoms with E-state index in [1.807, 2.05) is 26.1 Å². The van der Waals surface area contributed by atoms with E-state index >= 15 is 0 Å². The third kappa shape index (κ3) is 4.51. The molecular weight excluding hydrogens is 328 g/mol. The average Bonchev–Trinajstić information content (AvgIpc) is 2.59. The van der Waals surface area contributed by atoms with E-state index in [4.69, 9.17) is 15.2 Å². The Bertz CT molecular complexity index is 732. The monoisotopic (exact) mass is 356 g/mol. The summed E-state index contributed by atoms with van der Waals surface area (Å²) in [4.78, 5) is 11.5. The molecule has 0 unspecified atom stereocenters. The molecule has 1 aromatic heterocycles. The second-order valence-electron chi connectivity index (χ2n) is 6.87. The lowest BCUT2D eigenvalue weighted by Crippen LogP contribution is -2.35. The number of aromatic nitrogens is 2. The van der Waals surface area contributed by atoms with Crippen LogP contribution >= 0.6 is 0 Å². The van der Waals surface area contributed by atoms with E-state index < -0.39 is 0 Å². The first kappa shape index (κ1) is 18.6. The highest BCUT2D eigenvalue weighted by molar-refractivity contribution is 5.42. The van der Waals surface area contributed by atoms with Crippen molar-refractivity contribution >= 4 is 5.82 Å². The van der Waals surface area contributed by atoms with Crippen LogP contribution in [0, 0.1) is 0 Å². The molecule has 2 aromatic rings. The van der Waals surface area contributed by atoms with Gasteiger partial charge in [0, 0.05) is 44.4 Å². The standard InChI is InChI=1S/C20H28N4O2/c1-4-26-17-7-5-6-14(8-17)12-24(2)20-11-18(15-9-16(21)10-15)22-19(23-20)13-25-3/h5-8,11,15-16H,4,9-10,12-13,21H2,1-3H3. The van der Waals surface area contributed by atoms with Gasteiger partial charge in [-0.1, -0.05) is 12.1 Å². The van der Waals surface area contributed by atoms with Gasteiger partial charge in [0.05, 0.1) is 6.61 Å². The highest BCUT2D eigenvalue weighted by Gasteiger charge is 2.29. The van der Waals surface area contributed by atoms with Crippen LogP contribution < -0.4 is 15.4 Å². The molecule has 26 heavy (non-hydrogen) atoms. The largest absolute Gasteiger partial charge is 0.494 e. The van der Waals surface area contributed by atoms with Gasteiger partial charge in [-0.25, -0.2) is 9.97 Å². The highest BCUT2D eigenvalue weighted by atomic mass is 16.5. The maximum absolute atomic E-state index is 5.95. The van der Waals surface area contributed by atoms with Crippen molar-refractivity contribution in [1.29, 1.82) is 0 Å². The lowest BCUT2D eigenvalue weighted by atomic mass is 9.78. The Morgan fingerprint density at radius 1 is 1.23 bits per heavy atom. The van der Waals surface area contributed by atoms with Crippen molar-refractivity contribution in [2.24, 2.45) is 5.73 Å². The molecule has 2 N–H and O–H groups in total. The molecule has 0 atom stereocenters. The molecule has 6 nitrogen and oxygen atoms in total. The summed E-state index contributed by atoms with van der Waals surface area (Å²) in [5, 5.41) is 0. The van der Waals surface area contributed by atoms with Crippen LogP contribution in [0.2, 0.25) is 0 Å². The van der Waals surface area contributed by atoms with E-state index in [-0.39, 0.29) is 0 Å². The molecular formula is C20H28N4O2. The third-order valence-electron chi connectivity index (χ3n) is 4.67. The topological polar surface area (TPSA) is 73.5 Å². The van der Waals surface area contributed by atoms with E-state index in [2.05, 4.69) is 33.1 Å². The molecule has 0 amide bonds. The predicted molar refractivity (Wildman–Crippen MR) is 102 cm³/mol. The molecule has 140 valence electrons. The molecule has 3 rings (SSSR count). The number of rotatable bonds is 8. The van der Waals surface area contributed by atoms with E-state index in [0.29, 0.717) is 25.2 Å². The molecule has 1 heterocycles. The average molecular weight is 356 g/mol. The van der Waals surface area contributed by atoms with E-state index in [1.165, 1.54) is 5.56 Å². The zero-order chi connectivity index (χ0) is 18.5. The minimum atomic E-state index is 0.295. The van der Waals surface area contributed by atoms with Crippen molar-refractivity contribution in [1.82, 2.24) is 9.97 Å². The maximum Gasteiger partial charge on any atom is 0.156 e. The Morgan fingerprint density at radius 3 is 2.73 bits per heavy atom. The maximum atomic E-state index is 5.95. The van der Waals surface area contributed by atoms with Gasteiger partial charge in [0.25, 0.3) is 0 Å². The molecule has 1 aliphatic carbocycles. The zero-order valence-corrected chi connectivity index (χ0v) is 15.8. The minimum absolute atomic E-state index is 0.295. The van der Waals surface area contributed by atoms with E-state index in [9.17, 15) is 0 Å². The molecule has 1 saturated carbocycles. The van der Waals surface area contributed by atoms with Gasteiger partial charge in [0.1, 0.15) is 18.2 Å². The van der Waals surface area contributed by atoms with Gasteiger partial charge in [-0.15, -0.1) is 0 Å². The number of nitrogens with two attached hydrogens (primary N) is 1. The second-order valence-corrected chi connectivity index (χ2v) is 6.87. The molecule has 0 saturated heterocycles. The lowest BCUT2D eigenvalue weighted by Gasteiger charge is -2.32. The van der Waals surface area contributed by atoms with E-state index in [0.717, 1.165) is 42.5 Å². The molecule has 1 aliphatic rings. The Kier molecular flexibility index (Phi) is 6.06. The van der Waals surface area contributed by atoms with Crippen molar-refractivity contribution < 1.29 is 9.47 Å². The van der Waals surface area contributed by atoms with E-state index in [1.54, 1.807) is 7.11 Å². The van der Waals surface area contributed by atoms with Crippen molar-refractivity contribution in [3.63, 3.8) is 0 Å². The molecule has 6 heteroatoms. The predicted octanol–water partition coefficient (Wildman–Crippen LogP) is 2.86. The number of hydrogen-bond acceptors (Lipinski definition) is 6. The number of benzene rings is 1. The number of ether oxygens (including phenoxy) is 2. The summed E-state index contributed by atoms with van der Waals surface area (Å²) in [6.07, 6.45) is 1.98.